The molecule has 34 heavy (non-hydrogen) atoms. The van der Waals surface area contributed by atoms with Crippen molar-refractivity contribution >= 4 is 11.2 Å². The van der Waals surface area contributed by atoms with Crippen molar-refractivity contribution in [2.75, 3.05) is 57.4 Å². The molecule has 5 rings (SSSR count). The second-order valence-corrected chi connectivity index (χ2v) is 9.04. The van der Waals surface area contributed by atoms with E-state index in [0.717, 1.165) is 80.3 Å². The van der Waals surface area contributed by atoms with Gasteiger partial charge in [-0.3, -0.25) is 4.90 Å². The molecule has 1 unspecified atom stereocenters. The molecule has 2 saturated heterocycles. The van der Waals surface area contributed by atoms with Gasteiger partial charge in [0.2, 0.25) is 0 Å². The number of hydrogen-bond donors (Lipinski definition) is 1. The number of β-amino-alcohol motifs (C(OH)–C–C–N with tert-alkyl or cyclic N) is 1. The lowest BCUT2D eigenvalue weighted by Crippen LogP contribution is -2.42. The van der Waals surface area contributed by atoms with Gasteiger partial charge in [0.25, 0.3) is 0 Å². The van der Waals surface area contributed by atoms with Crippen molar-refractivity contribution in [3.63, 3.8) is 0 Å². The van der Waals surface area contributed by atoms with E-state index in [1.165, 1.54) is 0 Å². The summed E-state index contributed by atoms with van der Waals surface area (Å²) >= 11 is 0. The van der Waals surface area contributed by atoms with E-state index in [4.69, 9.17) is 9.47 Å². The van der Waals surface area contributed by atoms with Crippen LogP contribution in [0.25, 0.3) is 16.6 Å². The molecule has 1 aromatic carbocycles. The van der Waals surface area contributed by atoms with E-state index in [1.54, 1.807) is 0 Å². The number of aliphatic hydroxyl groups is 1. The first-order chi connectivity index (χ1) is 16.7. The quantitative estimate of drug-likeness (QED) is 0.579. The molecule has 0 saturated carbocycles. The summed E-state index contributed by atoms with van der Waals surface area (Å²) < 4.78 is 13.1. The number of rotatable bonds is 7. The molecule has 8 nitrogen and oxygen atoms in total. The van der Waals surface area contributed by atoms with Crippen molar-refractivity contribution < 1.29 is 14.6 Å². The van der Waals surface area contributed by atoms with Crippen LogP contribution in [0.15, 0.2) is 48.8 Å². The maximum absolute atomic E-state index is 10.3. The number of morpholine rings is 1. The van der Waals surface area contributed by atoms with Crippen LogP contribution in [-0.4, -0.2) is 78.3 Å². The van der Waals surface area contributed by atoms with Crippen LogP contribution in [0.5, 0.6) is 5.75 Å². The molecule has 2 aliphatic heterocycles. The van der Waals surface area contributed by atoms with Crippen molar-refractivity contribution in [1.82, 2.24) is 14.5 Å². The van der Waals surface area contributed by atoms with Crippen LogP contribution < -0.4 is 9.64 Å². The Hall–Kier alpha value is -3.12. The Labute approximate surface area is 199 Å². The zero-order valence-electron chi connectivity index (χ0n) is 19.3. The van der Waals surface area contributed by atoms with Gasteiger partial charge in [-0.05, 0) is 42.7 Å². The fourth-order valence-corrected chi connectivity index (χ4v) is 4.80. The predicted octanol–water partition coefficient (Wildman–Crippen LogP) is 2.81. The van der Waals surface area contributed by atoms with Gasteiger partial charge in [-0.2, -0.15) is 10.4 Å². The number of fused-ring (bicyclic) bond motifs is 1. The Balaban J connectivity index is 1.27. The molecule has 2 aromatic heterocycles. The van der Waals surface area contributed by atoms with Gasteiger partial charge in [0.05, 0.1) is 36.7 Å². The molecule has 8 heteroatoms. The summed E-state index contributed by atoms with van der Waals surface area (Å²) in [5.74, 6) is 0.889. The smallest absolute Gasteiger partial charge is 0.119 e. The number of anilines is 1. The number of piperidine rings is 1. The summed E-state index contributed by atoms with van der Waals surface area (Å²) in [6, 6.07) is 14.5. The Bertz CT molecular complexity index is 1130. The van der Waals surface area contributed by atoms with Crippen molar-refractivity contribution in [2.45, 2.75) is 18.9 Å². The maximum Gasteiger partial charge on any atom is 0.119 e. The summed E-state index contributed by atoms with van der Waals surface area (Å²) in [5.41, 5.74) is 4.36. The normalized spacial score (nSPS) is 18.6. The van der Waals surface area contributed by atoms with Gasteiger partial charge >= 0.3 is 0 Å². The lowest BCUT2D eigenvalue weighted by molar-refractivity contribution is 0.00466. The molecule has 178 valence electrons. The minimum absolute atomic E-state index is 0.153. The Morgan fingerprint density at radius 3 is 2.62 bits per heavy atom. The highest BCUT2D eigenvalue weighted by atomic mass is 16.5. The minimum atomic E-state index is -0.537. The van der Waals surface area contributed by atoms with Gasteiger partial charge < -0.3 is 19.5 Å². The SMILES string of the molecule is N#CC1CCN(c2cccn3ncc(-c4ccc(OCC(O)CN5CCOCC5)cc4)c23)CC1. The monoisotopic (exact) mass is 461 g/mol. The van der Waals surface area contributed by atoms with Gasteiger partial charge in [0.1, 0.15) is 18.5 Å². The van der Waals surface area contributed by atoms with Crippen molar-refractivity contribution in [3.8, 4) is 22.9 Å². The summed E-state index contributed by atoms with van der Waals surface area (Å²) in [5, 5.41) is 24.1. The lowest BCUT2D eigenvalue weighted by Gasteiger charge is -2.31. The van der Waals surface area contributed by atoms with E-state index in [0.29, 0.717) is 6.54 Å². The Kier molecular flexibility index (Phi) is 6.95. The number of pyridine rings is 1. The van der Waals surface area contributed by atoms with Gasteiger partial charge in [0.15, 0.2) is 0 Å². The third-order valence-corrected chi connectivity index (χ3v) is 6.72. The molecule has 0 radical (unpaired) electrons. The van der Waals surface area contributed by atoms with E-state index in [-0.39, 0.29) is 12.5 Å². The molecule has 2 aliphatic rings. The lowest BCUT2D eigenvalue weighted by atomic mass is 9.97. The minimum Gasteiger partial charge on any atom is -0.491 e. The number of aromatic nitrogens is 2. The molecule has 1 atom stereocenters. The average molecular weight is 462 g/mol. The van der Waals surface area contributed by atoms with E-state index in [1.807, 2.05) is 47.2 Å². The third kappa shape index (κ3) is 5.02. The van der Waals surface area contributed by atoms with E-state index in [2.05, 4.69) is 27.0 Å². The molecular weight excluding hydrogens is 430 g/mol. The fraction of sp³-hybridized carbons (Fsp3) is 0.462. The molecule has 0 bridgehead atoms. The van der Waals surface area contributed by atoms with Crippen LogP contribution in [0.4, 0.5) is 5.69 Å². The number of hydrogen-bond acceptors (Lipinski definition) is 7. The highest BCUT2D eigenvalue weighted by Gasteiger charge is 2.22. The Morgan fingerprint density at radius 2 is 1.88 bits per heavy atom. The van der Waals surface area contributed by atoms with Crippen molar-refractivity contribution in [1.29, 1.82) is 5.26 Å². The predicted molar refractivity (Wildman–Crippen MR) is 130 cm³/mol. The number of nitrogens with zero attached hydrogens (tertiary/aromatic N) is 5. The summed E-state index contributed by atoms with van der Waals surface area (Å²) in [6.07, 6.45) is 5.13. The number of benzene rings is 1. The van der Waals surface area contributed by atoms with Gasteiger partial charge in [0, 0.05) is 50.4 Å². The molecule has 0 spiro atoms. The molecule has 3 aromatic rings. The third-order valence-electron chi connectivity index (χ3n) is 6.72. The topological polar surface area (TPSA) is 86.3 Å². The van der Waals surface area contributed by atoms with Gasteiger partial charge in [-0.15, -0.1) is 0 Å². The number of nitriles is 1. The highest BCUT2D eigenvalue weighted by Crippen LogP contribution is 2.34. The molecule has 0 aliphatic carbocycles. The zero-order valence-corrected chi connectivity index (χ0v) is 19.3. The van der Waals surface area contributed by atoms with Crippen LogP contribution >= 0.6 is 0 Å². The second kappa shape index (κ2) is 10.4. The molecule has 2 fully saturated rings. The number of aliphatic hydroxyl groups excluding tert-OH is 1. The average Bonchev–Trinajstić information content (AvgIpc) is 3.33. The second-order valence-electron chi connectivity index (χ2n) is 9.04. The first kappa shape index (κ1) is 22.7. The standard InChI is InChI=1S/C26H31N5O3/c27-16-20-7-10-30(11-8-20)25-2-1-9-31-26(25)24(17-28-31)21-3-5-23(6-4-21)34-19-22(32)18-29-12-14-33-15-13-29/h1-6,9,17,20,22,32H,7-8,10-15,18-19H2. The summed E-state index contributed by atoms with van der Waals surface area (Å²) in [6.45, 7) is 5.75. The fourth-order valence-electron chi connectivity index (χ4n) is 4.80. The van der Waals surface area contributed by atoms with Gasteiger partial charge in [-0.25, -0.2) is 4.52 Å². The van der Waals surface area contributed by atoms with Crippen molar-refractivity contribution in [2.24, 2.45) is 5.92 Å². The highest BCUT2D eigenvalue weighted by molar-refractivity contribution is 5.90. The molecular formula is C26H31N5O3. The largest absolute Gasteiger partial charge is 0.491 e. The van der Waals surface area contributed by atoms with Crippen LogP contribution in [0.2, 0.25) is 0 Å². The van der Waals surface area contributed by atoms with Crippen LogP contribution in [0.1, 0.15) is 12.8 Å². The molecule has 4 heterocycles. The van der Waals surface area contributed by atoms with E-state index >= 15 is 0 Å². The summed E-state index contributed by atoms with van der Waals surface area (Å²) in [7, 11) is 0. The zero-order chi connectivity index (χ0) is 23.3. The van der Waals surface area contributed by atoms with E-state index in [9.17, 15) is 10.4 Å². The molecule has 1 N–H and O–H groups in total. The van der Waals surface area contributed by atoms with Crippen LogP contribution in [-0.2, 0) is 4.74 Å². The first-order valence-electron chi connectivity index (χ1n) is 12.0. The Morgan fingerprint density at radius 1 is 1.12 bits per heavy atom. The van der Waals surface area contributed by atoms with E-state index < -0.39 is 6.10 Å². The summed E-state index contributed by atoms with van der Waals surface area (Å²) in [4.78, 5) is 4.56. The van der Waals surface area contributed by atoms with Crippen LogP contribution in [0, 0.1) is 17.2 Å². The van der Waals surface area contributed by atoms with Crippen LogP contribution in [0.3, 0.4) is 0 Å². The number of ether oxygens (including phenoxy) is 2. The van der Waals surface area contributed by atoms with Gasteiger partial charge in [-0.1, -0.05) is 12.1 Å². The van der Waals surface area contributed by atoms with Crippen molar-refractivity contribution in [3.05, 3.63) is 48.8 Å². The molecule has 0 amide bonds. The maximum atomic E-state index is 10.3. The first-order valence-corrected chi connectivity index (χ1v) is 12.0.